The van der Waals surface area contributed by atoms with Gasteiger partial charge in [-0.1, -0.05) is 25.7 Å². The van der Waals surface area contributed by atoms with Crippen LogP contribution in [-0.2, 0) is 57.3 Å². The summed E-state index contributed by atoms with van der Waals surface area (Å²) in [4.78, 5) is 23.7. The van der Waals surface area contributed by atoms with Gasteiger partial charge in [-0.15, -0.1) is 0 Å². The van der Waals surface area contributed by atoms with Gasteiger partial charge in [0, 0.05) is 26.4 Å². The van der Waals surface area contributed by atoms with Gasteiger partial charge in [-0.2, -0.15) is 0 Å². The van der Waals surface area contributed by atoms with Gasteiger partial charge < -0.3 is 68.6 Å². The molecular formula is C30H52NNaO18S. The number of hydrogen-bond donors (Lipinski definition) is 6. The minimum absolute atomic E-state index is 0. The van der Waals surface area contributed by atoms with E-state index in [-0.39, 0.29) is 48.6 Å². The number of ether oxygens (including phenoxy) is 7. The van der Waals surface area contributed by atoms with Gasteiger partial charge >= 0.3 is 35.5 Å². The molecule has 6 N–H and O–H groups in total. The van der Waals surface area contributed by atoms with Gasteiger partial charge in [0.15, 0.2) is 18.9 Å². The smallest absolute Gasteiger partial charge is 0.726 e. The first-order valence-electron chi connectivity index (χ1n) is 16.8. The fourth-order valence-corrected chi connectivity index (χ4v) is 6.58. The van der Waals surface area contributed by atoms with Gasteiger partial charge in [-0.05, 0) is 26.7 Å². The van der Waals surface area contributed by atoms with Crippen LogP contribution in [0.3, 0.4) is 0 Å². The fraction of sp³-hybridized carbons (Fsp3) is 0.933. The molecule has 19 nitrogen and oxygen atoms in total. The Balaban J connectivity index is 0.00000901. The summed E-state index contributed by atoms with van der Waals surface area (Å²) in [5.41, 5.74) is 0. The molecular weight excluding hydrogens is 717 g/mol. The summed E-state index contributed by atoms with van der Waals surface area (Å²) < 4.78 is 78.8. The van der Waals surface area contributed by atoms with Crippen molar-refractivity contribution in [1.29, 1.82) is 0 Å². The molecule has 0 unspecified atom stereocenters. The molecule has 3 aliphatic rings. The second-order valence-corrected chi connectivity index (χ2v) is 13.7. The number of unbranched alkanes of at least 4 members (excludes halogenated alkanes) is 5. The van der Waals surface area contributed by atoms with Crippen molar-refractivity contribution in [2.24, 2.45) is 0 Å². The van der Waals surface area contributed by atoms with Gasteiger partial charge in [0.1, 0.15) is 54.9 Å². The van der Waals surface area contributed by atoms with Crippen molar-refractivity contribution in [3.63, 3.8) is 0 Å². The number of methoxy groups -OCH3 is 1. The summed E-state index contributed by atoms with van der Waals surface area (Å²) >= 11 is 0. The molecule has 0 spiro atoms. The minimum atomic E-state index is -5.24. The number of esters is 1. The van der Waals surface area contributed by atoms with E-state index in [0.717, 1.165) is 25.7 Å². The van der Waals surface area contributed by atoms with E-state index in [4.69, 9.17) is 28.4 Å². The first-order chi connectivity index (χ1) is 23.6. The maximum Gasteiger partial charge on any atom is 1.00 e. The summed E-state index contributed by atoms with van der Waals surface area (Å²) in [5, 5.41) is 55.4. The zero-order chi connectivity index (χ0) is 37.2. The predicted molar refractivity (Wildman–Crippen MR) is 165 cm³/mol. The number of amides is 1. The topological polar surface area (TPSA) is 278 Å². The summed E-state index contributed by atoms with van der Waals surface area (Å²) in [5.74, 6) is -0.826. The van der Waals surface area contributed by atoms with E-state index >= 15 is 0 Å². The zero-order valence-electron chi connectivity index (χ0n) is 29.6. The Bertz CT molecular complexity index is 1170. The number of carbonyl (C=O) groups excluding carboxylic acids is 2. The molecule has 1 amide bonds. The molecule has 21 heteroatoms. The average Bonchev–Trinajstić information content (AvgIpc) is 3.04. The number of aliphatic hydroxyl groups excluding tert-OH is 5. The Kier molecular flexibility index (Phi) is 20.1. The molecule has 3 saturated heterocycles. The second-order valence-electron chi connectivity index (χ2n) is 12.7. The Hall–Kier alpha value is -0.630. The van der Waals surface area contributed by atoms with Crippen LogP contribution in [0.15, 0.2) is 0 Å². The molecule has 14 atom stereocenters. The summed E-state index contributed by atoms with van der Waals surface area (Å²) in [6.07, 6.45) is -14.1. The second kappa shape index (κ2) is 22.1. The third-order valence-corrected chi connectivity index (χ3v) is 9.19. The molecule has 0 aromatic heterocycles. The summed E-state index contributed by atoms with van der Waals surface area (Å²) in [6, 6.07) is -1.24. The van der Waals surface area contributed by atoms with Crippen molar-refractivity contribution >= 4 is 22.3 Å². The van der Waals surface area contributed by atoms with Crippen LogP contribution < -0.4 is 34.9 Å². The molecule has 51 heavy (non-hydrogen) atoms. The molecule has 0 radical (unpaired) electrons. The van der Waals surface area contributed by atoms with Crippen LogP contribution in [0.4, 0.5) is 0 Å². The largest absolute Gasteiger partial charge is 1.00 e. The maximum atomic E-state index is 12.5. The van der Waals surface area contributed by atoms with E-state index in [2.05, 4.69) is 14.2 Å². The van der Waals surface area contributed by atoms with Crippen LogP contribution in [-0.4, -0.2) is 157 Å². The molecule has 0 aromatic rings. The monoisotopic (exact) mass is 769 g/mol. The van der Waals surface area contributed by atoms with Crippen molar-refractivity contribution in [3.05, 3.63) is 0 Å². The van der Waals surface area contributed by atoms with E-state index in [1.165, 1.54) is 27.9 Å². The van der Waals surface area contributed by atoms with Crippen molar-refractivity contribution in [2.45, 2.75) is 158 Å². The SMILES string of the molecule is COC(=O)CCCCCCCCO[C@@H]1O[C@H](CO)[C@@H](O[C@@H]2O[C@H](C)C[C@H](OS(=O)(=O)[O-])[C@H]2O)[C@H](O[C@@H]2O[C@@H](C)[C@@H](O)[C@@H](O)[C@@H]2O)[C@H]1NC(C)=O.[Na+]. The Labute approximate surface area is 319 Å². The Morgan fingerprint density at radius 1 is 0.843 bits per heavy atom. The summed E-state index contributed by atoms with van der Waals surface area (Å²) in [7, 11) is -3.89. The van der Waals surface area contributed by atoms with Gasteiger partial charge in [0.2, 0.25) is 16.3 Å². The molecule has 0 aliphatic carbocycles. The van der Waals surface area contributed by atoms with Crippen molar-refractivity contribution in [1.82, 2.24) is 5.32 Å². The molecule has 3 aliphatic heterocycles. The van der Waals surface area contributed by atoms with E-state index in [1.54, 1.807) is 0 Å². The number of nitrogens with one attached hydrogen (secondary N) is 1. The molecule has 0 saturated carbocycles. The molecule has 3 fully saturated rings. The minimum Gasteiger partial charge on any atom is -0.726 e. The molecule has 3 heterocycles. The van der Waals surface area contributed by atoms with Gasteiger partial charge in [-0.3, -0.25) is 13.8 Å². The van der Waals surface area contributed by atoms with Gasteiger partial charge in [-0.25, -0.2) is 8.42 Å². The Morgan fingerprint density at radius 2 is 1.45 bits per heavy atom. The molecule has 0 aromatic carbocycles. The third-order valence-electron chi connectivity index (χ3n) is 8.70. The fourth-order valence-electron chi connectivity index (χ4n) is 6.09. The van der Waals surface area contributed by atoms with E-state index in [9.17, 15) is 48.1 Å². The summed E-state index contributed by atoms with van der Waals surface area (Å²) in [6.45, 7) is 3.56. The van der Waals surface area contributed by atoms with Crippen molar-refractivity contribution in [2.75, 3.05) is 20.3 Å². The number of rotatable bonds is 18. The van der Waals surface area contributed by atoms with Crippen LogP contribution in [0.5, 0.6) is 0 Å². The number of aliphatic hydroxyl groups is 5. The first-order valence-corrected chi connectivity index (χ1v) is 18.1. The molecule has 0 bridgehead atoms. The van der Waals surface area contributed by atoms with Crippen molar-refractivity contribution in [3.8, 4) is 0 Å². The van der Waals surface area contributed by atoms with Crippen LogP contribution in [0, 0.1) is 0 Å². The van der Waals surface area contributed by atoms with Gasteiger partial charge in [0.05, 0.1) is 25.9 Å². The van der Waals surface area contributed by atoms with E-state index in [1.807, 2.05) is 0 Å². The normalized spacial score (nSPS) is 37.3. The number of carbonyl (C=O) groups is 2. The van der Waals surface area contributed by atoms with Crippen LogP contribution in [0.1, 0.15) is 72.1 Å². The zero-order valence-corrected chi connectivity index (χ0v) is 32.4. The quantitative estimate of drug-likeness (QED) is 0.0250. The Morgan fingerprint density at radius 3 is 2.06 bits per heavy atom. The van der Waals surface area contributed by atoms with Crippen molar-refractivity contribution < 1.29 is 115 Å². The first kappa shape index (κ1) is 46.5. The van der Waals surface area contributed by atoms with Gasteiger partial charge in [0.25, 0.3) is 0 Å². The maximum absolute atomic E-state index is 12.5. The van der Waals surface area contributed by atoms with Crippen LogP contribution in [0.2, 0.25) is 0 Å². The number of hydrogen-bond acceptors (Lipinski definition) is 18. The standard InChI is InChI=1S/C30H53NO18S.Na/c1-15-13-18(49-50(39,40)41)23(36)29(44-15)47-26-19(14-32)46-28(43-12-10-8-6-5-7-9-11-20(34)42-4)21(31-17(3)33)27(26)48-30-25(38)24(37)22(35)16(2)45-30;/h15-16,18-19,21-30,32,35-38H,5-14H2,1-4H3,(H,31,33)(H,39,40,41);/q;+1/p-1/t15-,16+,18+,19-,21-,22-,23-,24-,25+,26-,27-,28-,29+,30+;/m1./s1. The molecule has 292 valence electrons. The predicted octanol–water partition coefficient (Wildman–Crippen LogP) is -4.93. The molecule has 3 rings (SSSR count). The van der Waals surface area contributed by atoms with Crippen LogP contribution >= 0.6 is 0 Å². The average molecular weight is 770 g/mol. The van der Waals surface area contributed by atoms with E-state index in [0.29, 0.717) is 19.3 Å². The van der Waals surface area contributed by atoms with E-state index < -0.39 is 109 Å². The third kappa shape index (κ3) is 14.2. The van der Waals surface area contributed by atoms with Crippen LogP contribution in [0.25, 0.3) is 0 Å².